The average Bonchev–Trinajstić information content (AvgIpc) is 2.36. The predicted molar refractivity (Wildman–Crippen MR) is 67.9 cm³/mol. The number of Topliss-reactive ketones (excluding diaryl/α,β-unsaturated/α-hetero) is 1. The molecule has 2 nitrogen and oxygen atoms in total. The first-order valence-electron chi connectivity index (χ1n) is 5.56. The summed E-state index contributed by atoms with van der Waals surface area (Å²) in [4.78, 5) is 10.8. The summed E-state index contributed by atoms with van der Waals surface area (Å²) in [6, 6.07) is 5.05. The first kappa shape index (κ1) is 15.7. The number of nitrogens with zero attached hydrogens (tertiary/aromatic N) is 1. The summed E-state index contributed by atoms with van der Waals surface area (Å²) < 4.78 is 38.7. The fourth-order valence-corrected chi connectivity index (χ4v) is 2.29. The summed E-state index contributed by atoms with van der Waals surface area (Å²) in [5, 5.41) is 8.65. The van der Waals surface area contributed by atoms with Crippen LogP contribution in [-0.4, -0.2) is 10.6 Å². The summed E-state index contributed by atoms with van der Waals surface area (Å²) in [5.41, 5.74) is -0.904. The van der Waals surface area contributed by atoms with Crippen LogP contribution in [0, 0.1) is 11.3 Å². The maximum absolute atomic E-state index is 12.9. The van der Waals surface area contributed by atoms with Crippen molar-refractivity contribution in [3.63, 3.8) is 0 Å². The molecule has 1 aromatic carbocycles. The molecule has 0 spiro atoms. The highest BCUT2D eigenvalue weighted by Crippen LogP contribution is 2.33. The molecule has 1 rings (SSSR count). The number of rotatable bonds is 4. The van der Waals surface area contributed by atoms with Gasteiger partial charge in [-0.15, -0.1) is 0 Å². The topological polar surface area (TPSA) is 40.9 Å². The molecule has 0 fully saturated rings. The number of alkyl halides is 4. The van der Waals surface area contributed by atoms with Crippen LogP contribution in [0.5, 0.6) is 0 Å². The van der Waals surface area contributed by atoms with Crippen molar-refractivity contribution in [2.45, 2.75) is 30.8 Å². The number of nitriles is 1. The molecule has 0 saturated heterocycles. The van der Waals surface area contributed by atoms with Gasteiger partial charge in [0.25, 0.3) is 0 Å². The molecule has 1 atom stereocenters. The van der Waals surface area contributed by atoms with Crippen LogP contribution in [0.2, 0.25) is 0 Å². The second kappa shape index (κ2) is 6.20. The molecule has 0 aromatic heterocycles. The van der Waals surface area contributed by atoms with Crippen molar-refractivity contribution in [1.82, 2.24) is 0 Å². The SMILES string of the molecule is CCC(=O)C(Br)Cc1ccc(C#N)cc1C(F)(F)F. The average molecular weight is 334 g/mol. The molecule has 0 radical (unpaired) electrons. The van der Waals surface area contributed by atoms with Crippen LogP contribution < -0.4 is 0 Å². The fourth-order valence-electron chi connectivity index (χ4n) is 1.62. The number of halogens is 4. The molecular weight excluding hydrogens is 323 g/mol. The van der Waals surface area contributed by atoms with E-state index in [9.17, 15) is 18.0 Å². The van der Waals surface area contributed by atoms with Crippen molar-refractivity contribution in [3.8, 4) is 6.07 Å². The third-order valence-corrected chi connectivity index (χ3v) is 3.48. The van der Waals surface area contributed by atoms with Crippen molar-refractivity contribution >= 4 is 21.7 Å². The molecule has 0 saturated carbocycles. The van der Waals surface area contributed by atoms with Crippen molar-refractivity contribution in [1.29, 1.82) is 5.26 Å². The van der Waals surface area contributed by atoms with Crippen LogP contribution in [0.4, 0.5) is 13.2 Å². The Morgan fingerprint density at radius 3 is 2.58 bits per heavy atom. The lowest BCUT2D eigenvalue weighted by Crippen LogP contribution is -2.18. The molecule has 0 amide bonds. The molecule has 1 aromatic rings. The Bertz CT molecular complexity index is 520. The van der Waals surface area contributed by atoms with Gasteiger partial charge in [-0.2, -0.15) is 18.4 Å². The molecule has 6 heteroatoms. The van der Waals surface area contributed by atoms with E-state index in [0.29, 0.717) is 0 Å². The van der Waals surface area contributed by atoms with Gasteiger partial charge in [0.05, 0.1) is 22.0 Å². The van der Waals surface area contributed by atoms with E-state index in [1.54, 1.807) is 13.0 Å². The number of hydrogen-bond acceptors (Lipinski definition) is 2. The zero-order valence-corrected chi connectivity index (χ0v) is 11.7. The summed E-state index contributed by atoms with van der Waals surface area (Å²) in [6.45, 7) is 1.65. The van der Waals surface area contributed by atoms with Crippen LogP contribution in [0.3, 0.4) is 0 Å². The molecule has 0 aliphatic carbocycles. The molecule has 0 aliphatic heterocycles. The lowest BCUT2D eigenvalue weighted by atomic mass is 9.98. The zero-order valence-electron chi connectivity index (χ0n) is 10.1. The minimum atomic E-state index is -4.54. The van der Waals surface area contributed by atoms with Crippen molar-refractivity contribution in [2.24, 2.45) is 0 Å². The second-order valence-electron chi connectivity index (χ2n) is 3.97. The molecule has 0 bridgehead atoms. The summed E-state index contributed by atoms with van der Waals surface area (Å²) in [7, 11) is 0. The molecule has 0 heterocycles. The predicted octanol–water partition coefficient (Wildman–Crippen LogP) is 3.86. The van der Waals surface area contributed by atoms with Gasteiger partial charge in [-0.3, -0.25) is 4.79 Å². The van der Waals surface area contributed by atoms with Gasteiger partial charge in [-0.25, -0.2) is 0 Å². The van der Waals surface area contributed by atoms with Crippen LogP contribution in [0.15, 0.2) is 18.2 Å². The van der Waals surface area contributed by atoms with Crippen molar-refractivity contribution in [3.05, 3.63) is 34.9 Å². The van der Waals surface area contributed by atoms with Crippen LogP contribution >= 0.6 is 15.9 Å². The maximum atomic E-state index is 12.9. The highest BCUT2D eigenvalue weighted by molar-refractivity contribution is 9.10. The van der Waals surface area contributed by atoms with E-state index in [0.717, 1.165) is 6.07 Å². The second-order valence-corrected chi connectivity index (χ2v) is 5.08. The Morgan fingerprint density at radius 1 is 1.47 bits per heavy atom. The largest absolute Gasteiger partial charge is 0.416 e. The Balaban J connectivity index is 3.14. The van der Waals surface area contributed by atoms with Gasteiger partial charge in [0.1, 0.15) is 5.78 Å². The number of carbonyl (C=O) groups is 1. The van der Waals surface area contributed by atoms with Gasteiger partial charge >= 0.3 is 6.18 Å². The number of benzene rings is 1. The minimum Gasteiger partial charge on any atom is -0.298 e. The van der Waals surface area contributed by atoms with Crippen LogP contribution in [0.1, 0.15) is 30.0 Å². The fraction of sp³-hybridized carbons (Fsp3) is 0.385. The van der Waals surface area contributed by atoms with Gasteiger partial charge in [-0.1, -0.05) is 28.9 Å². The smallest absolute Gasteiger partial charge is 0.298 e. The molecule has 102 valence electrons. The van der Waals surface area contributed by atoms with E-state index in [4.69, 9.17) is 5.26 Å². The standard InChI is InChI=1S/C13H11BrF3NO/c1-2-12(19)11(14)6-9-4-3-8(7-18)5-10(9)13(15,16)17/h3-5,11H,2,6H2,1H3. The Kier molecular flexibility index (Phi) is 5.12. The van der Waals surface area contributed by atoms with Crippen LogP contribution in [-0.2, 0) is 17.4 Å². The monoisotopic (exact) mass is 333 g/mol. The highest BCUT2D eigenvalue weighted by atomic mass is 79.9. The van der Waals surface area contributed by atoms with Crippen LogP contribution in [0.25, 0.3) is 0 Å². The lowest BCUT2D eigenvalue weighted by molar-refractivity contribution is -0.138. The maximum Gasteiger partial charge on any atom is 0.416 e. The van der Waals surface area contributed by atoms with Gasteiger partial charge in [0, 0.05) is 6.42 Å². The molecule has 1 unspecified atom stereocenters. The number of ketones is 1. The normalized spacial score (nSPS) is 12.8. The third kappa shape index (κ3) is 4.06. The quantitative estimate of drug-likeness (QED) is 0.785. The van der Waals surface area contributed by atoms with Crippen molar-refractivity contribution in [2.75, 3.05) is 0 Å². The van der Waals surface area contributed by atoms with Gasteiger partial charge < -0.3 is 0 Å². The summed E-state index contributed by atoms with van der Waals surface area (Å²) in [6.07, 6.45) is -4.33. The van der Waals surface area contributed by atoms with Gasteiger partial charge in [0.15, 0.2) is 0 Å². The van der Waals surface area contributed by atoms with E-state index in [2.05, 4.69) is 15.9 Å². The molecule has 0 N–H and O–H groups in total. The van der Waals surface area contributed by atoms with Crippen molar-refractivity contribution < 1.29 is 18.0 Å². The van der Waals surface area contributed by atoms with E-state index >= 15 is 0 Å². The number of carbonyl (C=O) groups excluding carboxylic acids is 1. The minimum absolute atomic E-state index is 0.00942. The Hall–Kier alpha value is -1.35. The third-order valence-electron chi connectivity index (χ3n) is 2.64. The highest BCUT2D eigenvalue weighted by Gasteiger charge is 2.34. The number of hydrogen-bond donors (Lipinski definition) is 0. The lowest BCUT2D eigenvalue weighted by Gasteiger charge is -2.15. The Morgan fingerprint density at radius 2 is 2.11 bits per heavy atom. The van der Waals surface area contributed by atoms with E-state index in [1.165, 1.54) is 12.1 Å². The van der Waals surface area contributed by atoms with E-state index < -0.39 is 16.6 Å². The Labute approximate surface area is 117 Å². The first-order chi connectivity index (χ1) is 8.79. The zero-order chi connectivity index (χ0) is 14.6. The summed E-state index contributed by atoms with van der Waals surface area (Å²) >= 11 is 3.09. The van der Waals surface area contributed by atoms with E-state index in [1.807, 2.05) is 0 Å². The molecule has 0 aliphatic rings. The first-order valence-corrected chi connectivity index (χ1v) is 6.48. The summed E-state index contributed by atoms with van der Waals surface area (Å²) in [5.74, 6) is -0.155. The molecule has 19 heavy (non-hydrogen) atoms. The molecular formula is C13H11BrF3NO. The van der Waals surface area contributed by atoms with Gasteiger partial charge in [0.2, 0.25) is 0 Å². The van der Waals surface area contributed by atoms with E-state index in [-0.39, 0.29) is 29.8 Å². The van der Waals surface area contributed by atoms with Gasteiger partial charge in [-0.05, 0) is 24.1 Å².